The van der Waals surface area contributed by atoms with Gasteiger partial charge >= 0.3 is 0 Å². The van der Waals surface area contributed by atoms with Crippen LogP contribution in [-0.2, 0) is 4.84 Å². The van der Waals surface area contributed by atoms with Crippen LogP contribution < -0.4 is 0 Å². The lowest BCUT2D eigenvalue weighted by Crippen LogP contribution is -1.82. The maximum absolute atomic E-state index is 11.9. The maximum Gasteiger partial charge on any atom is 0.123 e. The summed E-state index contributed by atoms with van der Waals surface area (Å²) in [6.45, 7) is 2.75. The molecule has 0 fully saturated rings. The molecule has 0 N–H and O–H groups in total. The van der Waals surface area contributed by atoms with Crippen molar-refractivity contribution in [3.05, 3.63) is 36.1 Å². The van der Waals surface area contributed by atoms with Crippen LogP contribution in [0.4, 0.5) is 4.39 Å². The molecular weight excluding hydrogens is 169 g/mol. The first kappa shape index (κ1) is 9.71. The lowest BCUT2D eigenvalue weighted by atomic mass is 10.3. The van der Waals surface area contributed by atoms with Crippen molar-refractivity contribution in [1.29, 1.82) is 0 Å². The zero-order chi connectivity index (χ0) is 9.52. The monoisotopic (exact) mass is 181 g/mol. The molecular formula is C10H12FNO. The molecule has 0 bridgehead atoms. The molecule has 0 atom stereocenters. The first-order valence-corrected chi connectivity index (χ1v) is 4.15. The van der Waals surface area contributed by atoms with Crippen LogP contribution in [0.2, 0.25) is 0 Å². The first-order valence-electron chi connectivity index (χ1n) is 4.15. The Morgan fingerprint density at radius 1 is 1.31 bits per heavy atom. The standard InChI is InChI=1S/C6H5F.C4H7NO/c7-6-4-2-1-3-5-6;1-4-2-3-6-5-4/h1-5H;2-3H2,1H3. The number of halogens is 1. The molecule has 0 amide bonds. The molecule has 1 aromatic carbocycles. The summed E-state index contributed by atoms with van der Waals surface area (Å²) in [7, 11) is 0. The minimum Gasteiger partial charge on any atom is -0.395 e. The van der Waals surface area contributed by atoms with E-state index < -0.39 is 0 Å². The number of nitrogens with zero attached hydrogens (tertiary/aromatic N) is 1. The molecule has 1 aliphatic heterocycles. The second kappa shape index (κ2) is 5.30. The smallest absolute Gasteiger partial charge is 0.123 e. The Morgan fingerprint density at radius 2 is 2.00 bits per heavy atom. The molecule has 0 saturated carbocycles. The van der Waals surface area contributed by atoms with Crippen LogP contribution in [-0.4, -0.2) is 12.3 Å². The lowest BCUT2D eigenvalue weighted by Gasteiger charge is -1.78. The minimum absolute atomic E-state index is 0.178. The third-order valence-corrected chi connectivity index (χ3v) is 1.51. The molecule has 13 heavy (non-hydrogen) atoms. The van der Waals surface area contributed by atoms with Gasteiger partial charge in [-0.3, -0.25) is 0 Å². The normalized spacial score (nSPS) is 13.8. The number of benzene rings is 1. The first-order chi connectivity index (χ1) is 6.29. The molecule has 1 heterocycles. The summed E-state index contributed by atoms with van der Waals surface area (Å²) in [4.78, 5) is 4.64. The molecule has 3 heteroatoms. The highest BCUT2D eigenvalue weighted by Gasteiger charge is 1.98. The van der Waals surface area contributed by atoms with E-state index in [-0.39, 0.29) is 5.82 Å². The van der Waals surface area contributed by atoms with Crippen molar-refractivity contribution >= 4 is 5.71 Å². The maximum atomic E-state index is 11.9. The predicted molar refractivity (Wildman–Crippen MR) is 50.1 cm³/mol. The molecule has 0 aromatic heterocycles. The van der Waals surface area contributed by atoms with Crippen LogP contribution in [0.1, 0.15) is 13.3 Å². The SMILES string of the molecule is CC1=NOCC1.Fc1ccccc1. The average molecular weight is 181 g/mol. The quantitative estimate of drug-likeness (QED) is 0.602. The van der Waals surface area contributed by atoms with Gasteiger partial charge in [-0.1, -0.05) is 23.4 Å². The van der Waals surface area contributed by atoms with Crippen LogP contribution in [0.15, 0.2) is 35.5 Å². The summed E-state index contributed by atoms with van der Waals surface area (Å²) in [5, 5.41) is 3.65. The van der Waals surface area contributed by atoms with Crippen LogP contribution in [0, 0.1) is 5.82 Å². The minimum atomic E-state index is -0.178. The van der Waals surface area contributed by atoms with Gasteiger partial charge in [-0.2, -0.15) is 0 Å². The van der Waals surface area contributed by atoms with E-state index in [1.165, 1.54) is 12.1 Å². The molecule has 2 rings (SSSR count). The Balaban J connectivity index is 0.000000132. The van der Waals surface area contributed by atoms with Gasteiger partial charge in [-0.15, -0.1) is 0 Å². The summed E-state index contributed by atoms with van der Waals surface area (Å²) >= 11 is 0. The van der Waals surface area contributed by atoms with E-state index >= 15 is 0 Å². The second-order valence-corrected chi connectivity index (χ2v) is 2.71. The topological polar surface area (TPSA) is 21.6 Å². The van der Waals surface area contributed by atoms with Gasteiger partial charge in [0, 0.05) is 6.42 Å². The van der Waals surface area contributed by atoms with E-state index in [0.717, 1.165) is 18.7 Å². The van der Waals surface area contributed by atoms with Crippen molar-refractivity contribution < 1.29 is 9.23 Å². The Morgan fingerprint density at radius 3 is 2.23 bits per heavy atom. The largest absolute Gasteiger partial charge is 0.395 e. The fourth-order valence-electron chi connectivity index (χ4n) is 0.809. The molecule has 70 valence electrons. The fourth-order valence-corrected chi connectivity index (χ4v) is 0.809. The van der Waals surface area contributed by atoms with E-state index in [1.807, 2.05) is 6.92 Å². The molecule has 0 unspecified atom stereocenters. The van der Waals surface area contributed by atoms with E-state index in [0.29, 0.717) is 0 Å². The van der Waals surface area contributed by atoms with Crippen molar-refractivity contribution in [2.75, 3.05) is 6.61 Å². The highest BCUT2D eigenvalue weighted by molar-refractivity contribution is 5.82. The lowest BCUT2D eigenvalue weighted by molar-refractivity contribution is 0.173. The van der Waals surface area contributed by atoms with Crippen molar-refractivity contribution in [1.82, 2.24) is 0 Å². The average Bonchev–Trinajstić information content (AvgIpc) is 2.58. The number of hydrogen-bond donors (Lipinski definition) is 0. The van der Waals surface area contributed by atoms with Crippen LogP contribution >= 0.6 is 0 Å². The summed E-state index contributed by atoms with van der Waals surface area (Å²) in [5.41, 5.74) is 1.11. The molecule has 0 spiro atoms. The Hall–Kier alpha value is -1.38. The zero-order valence-electron chi connectivity index (χ0n) is 7.53. The van der Waals surface area contributed by atoms with Gasteiger partial charge < -0.3 is 4.84 Å². The summed E-state index contributed by atoms with van der Waals surface area (Å²) < 4.78 is 11.9. The summed E-state index contributed by atoms with van der Waals surface area (Å²) in [6, 6.07) is 7.94. The van der Waals surface area contributed by atoms with Gasteiger partial charge in [0.05, 0.1) is 5.71 Å². The van der Waals surface area contributed by atoms with Crippen molar-refractivity contribution in [3.8, 4) is 0 Å². The van der Waals surface area contributed by atoms with Gasteiger partial charge in [0.25, 0.3) is 0 Å². The molecule has 0 radical (unpaired) electrons. The highest BCUT2D eigenvalue weighted by Crippen LogP contribution is 1.96. The van der Waals surface area contributed by atoms with E-state index in [1.54, 1.807) is 18.2 Å². The molecule has 1 aliphatic rings. The zero-order valence-corrected chi connectivity index (χ0v) is 7.53. The second-order valence-electron chi connectivity index (χ2n) is 2.71. The van der Waals surface area contributed by atoms with Crippen LogP contribution in [0.3, 0.4) is 0 Å². The van der Waals surface area contributed by atoms with Gasteiger partial charge in [0.15, 0.2) is 0 Å². The van der Waals surface area contributed by atoms with E-state index in [2.05, 4.69) is 9.99 Å². The van der Waals surface area contributed by atoms with Gasteiger partial charge in [0.2, 0.25) is 0 Å². The Kier molecular flexibility index (Phi) is 3.96. The van der Waals surface area contributed by atoms with Crippen LogP contribution in [0.25, 0.3) is 0 Å². The molecule has 0 saturated heterocycles. The van der Waals surface area contributed by atoms with Crippen LogP contribution in [0.5, 0.6) is 0 Å². The number of oxime groups is 1. The third-order valence-electron chi connectivity index (χ3n) is 1.51. The Labute approximate surface area is 77.0 Å². The molecule has 1 aromatic rings. The van der Waals surface area contributed by atoms with E-state index in [9.17, 15) is 4.39 Å². The Bertz CT molecular complexity index is 272. The van der Waals surface area contributed by atoms with Crippen molar-refractivity contribution in [2.45, 2.75) is 13.3 Å². The molecule has 2 nitrogen and oxygen atoms in total. The van der Waals surface area contributed by atoms with E-state index in [4.69, 9.17) is 0 Å². The predicted octanol–water partition coefficient (Wildman–Crippen LogP) is 2.61. The summed E-state index contributed by atoms with van der Waals surface area (Å²) in [6.07, 6.45) is 1.01. The van der Waals surface area contributed by atoms with Crippen molar-refractivity contribution in [2.24, 2.45) is 5.16 Å². The summed E-state index contributed by atoms with van der Waals surface area (Å²) in [5.74, 6) is -0.178. The van der Waals surface area contributed by atoms with Crippen molar-refractivity contribution in [3.63, 3.8) is 0 Å². The fraction of sp³-hybridized carbons (Fsp3) is 0.300. The number of hydrogen-bond acceptors (Lipinski definition) is 2. The van der Waals surface area contributed by atoms with Gasteiger partial charge in [-0.25, -0.2) is 4.39 Å². The molecule has 0 aliphatic carbocycles. The van der Waals surface area contributed by atoms with Gasteiger partial charge in [-0.05, 0) is 19.1 Å². The third kappa shape index (κ3) is 4.25. The van der Waals surface area contributed by atoms with Gasteiger partial charge in [0.1, 0.15) is 12.4 Å². The highest BCUT2D eigenvalue weighted by atomic mass is 19.1. The number of rotatable bonds is 0.